The van der Waals surface area contributed by atoms with Crippen LogP contribution in [0.1, 0.15) is 19.8 Å². The first-order valence-corrected chi connectivity index (χ1v) is 6.03. The summed E-state index contributed by atoms with van der Waals surface area (Å²) in [6.45, 7) is 11.1. The molecule has 0 radical (unpaired) electrons. The topological polar surface area (TPSA) is 18.5 Å². The highest BCUT2D eigenvalue weighted by Gasteiger charge is 2.20. The molecule has 0 aromatic carbocycles. The third-order valence-corrected chi connectivity index (χ3v) is 3.50. The van der Waals surface area contributed by atoms with Crippen molar-refractivity contribution in [2.24, 2.45) is 0 Å². The van der Waals surface area contributed by atoms with Crippen LogP contribution in [0.15, 0.2) is 0 Å². The van der Waals surface area contributed by atoms with Crippen molar-refractivity contribution in [2.75, 3.05) is 45.8 Å². The molecule has 2 aliphatic heterocycles. The van der Waals surface area contributed by atoms with Crippen LogP contribution in [0.25, 0.3) is 0 Å². The quantitative estimate of drug-likeness (QED) is 0.705. The van der Waals surface area contributed by atoms with Gasteiger partial charge in [0.1, 0.15) is 0 Å². The highest BCUT2D eigenvalue weighted by atomic mass is 15.2. The molecule has 0 amide bonds. The molecule has 14 heavy (non-hydrogen) atoms. The summed E-state index contributed by atoms with van der Waals surface area (Å²) in [7, 11) is 0. The van der Waals surface area contributed by atoms with Crippen LogP contribution < -0.4 is 5.32 Å². The van der Waals surface area contributed by atoms with E-state index in [2.05, 4.69) is 22.0 Å². The van der Waals surface area contributed by atoms with E-state index >= 15 is 0 Å². The average Bonchev–Trinajstić information content (AvgIpc) is 2.72. The Kier molecular flexibility index (Phi) is 3.79. The fourth-order valence-electron chi connectivity index (χ4n) is 2.57. The molecule has 0 aromatic rings. The number of nitrogens with zero attached hydrogens (tertiary/aromatic N) is 2. The number of likely N-dealkylation sites (tertiary alicyclic amines) is 1. The van der Waals surface area contributed by atoms with Crippen LogP contribution in [0.4, 0.5) is 0 Å². The van der Waals surface area contributed by atoms with E-state index < -0.39 is 0 Å². The molecule has 2 aliphatic rings. The van der Waals surface area contributed by atoms with Crippen LogP contribution in [-0.4, -0.2) is 61.7 Å². The van der Waals surface area contributed by atoms with Crippen molar-refractivity contribution in [2.45, 2.75) is 25.8 Å². The molecule has 2 fully saturated rings. The van der Waals surface area contributed by atoms with Crippen LogP contribution in [0, 0.1) is 0 Å². The molecule has 0 aromatic heterocycles. The Labute approximate surface area is 87.4 Å². The van der Waals surface area contributed by atoms with Crippen molar-refractivity contribution in [3.8, 4) is 0 Å². The van der Waals surface area contributed by atoms with Crippen molar-refractivity contribution < 1.29 is 0 Å². The molecule has 2 heterocycles. The predicted octanol–water partition coefficient (Wildman–Crippen LogP) is 0.376. The van der Waals surface area contributed by atoms with Gasteiger partial charge in [0.15, 0.2) is 0 Å². The van der Waals surface area contributed by atoms with Crippen molar-refractivity contribution in [1.29, 1.82) is 0 Å². The van der Waals surface area contributed by atoms with Crippen LogP contribution in [0.2, 0.25) is 0 Å². The highest BCUT2D eigenvalue weighted by molar-refractivity contribution is 4.78. The molecule has 0 spiro atoms. The number of piperazine rings is 1. The second-order valence-electron chi connectivity index (χ2n) is 4.64. The summed E-state index contributed by atoms with van der Waals surface area (Å²) in [5.74, 6) is 0. The van der Waals surface area contributed by atoms with Gasteiger partial charge in [-0.05, 0) is 32.9 Å². The van der Waals surface area contributed by atoms with Gasteiger partial charge in [0, 0.05) is 38.8 Å². The second kappa shape index (κ2) is 5.10. The van der Waals surface area contributed by atoms with Gasteiger partial charge in [0.05, 0.1) is 0 Å². The number of rotatable bonds is 3. The van der Waals surface area contributed by atoms with Gasteiger partial charge in [-0.2, -0.15) is 0 Å². The number of hydrogen-bond donors (Lipinski definition) is 1. The molecule has 0 saturated carbocycles. The third kappa shape index (κ3) is 2.69. The average molecular weight is 197 g/mol. The van der Waals surface area contributed by atoms with Gasteiger partial charge in [-0.1, -0.05) is 0 Å². The molecule has 0 aliphatic carbocycles. The van der Waals surface area contributed by atoms with Crippen molar-refractivity contribution in [1.82, 2.24) is 15.1 Å². The van der Waals surface area contributed by atoms with E-state index in [0.717, 1.165) is 6.04 Å². The normalized spacial score (nSPS) is 28.1. The maximum atomic E-state index is 3.40. The predicted molar refractivity (Wildman–Crippen MR) is 59.6 cm³/mol. The minimum absolute atomic E-state index is 0.760. The van der Waals surface area contributed by atoms with E-state index in [9.17, 15) is 0 Å². The fourth-order valence-corrected chi connectivity index (χ4v) is 2.57. The first-order chi connectivity index (χ1) is 6.86. The van der Waals surface area contributed by atoms with Crippen molar-refractivity contribution in [3.63, 3.8) is 0 Å². The lowest BCUT2D eigenvalue weighted by Gasteiger charge is -2.33. The standard InChI is InChI=1S/C11H23N3/c1-11(14-6-2-3-7-14)10-13-8-4-12-5-9-13/h11-12H,2-10H2,1H3. The minimum Gasteiger partial charge on any atom is -0.314 e. The van der Waals surface area contributed by atoms with Crippen LogP contribution in [-0.2, 0) is 0 Å². The van der Waals surface area contributed by atoms with Gasteiger partial charge in [-0.15, -0.1) is 0 Å². The lowest BCUT2D eigenvalue weighted by atomic mass is 10.2. The molecule has 0 bridgehead atoms. The van der Waals surface area contributed by atoms with Gasteiger partial charge in [0.2, 0.25) is 0 Å². The first-order valence-electron chi connectivity index (χ1n) is 6.03. The molecule has 2 rings (SSSR count). The maximum absolute atomic E-state index is 3.40. The summed E-state index contributed by atoms with van der Waals surface area (Å²) >= 11 is 0. The van der Waals surface area contributed by atoms with Gasteiger partial charge >= 0.3 is 0 Å². The molecule has 3 nitrogen and oxygen atoms in total. The monoisotopic (exact) mass is 197 g/mol. The Balaban J connectivity index is 1.72. The summed E-state index contributed by atoms with van der Waals surface area (Å²) in [6, 6.07) is 0.760. The molecule has 1 atom stereocenters. The zero-order chi connectivity index (χ0) is 9.80. The zero-order valence-corrected chi connectivity index (χ0v) is 9.34. The fraction of sp³-hybridized carbons (Fsp3) is 1.00. The van der Waals surface area contributed by atoms with Crippen molar-refractivity contribution >= 4 is 0 Å². The van der Waals surface area contributed by atoms with E-state index in [0.29, 0.717) is 0 Å². The van der Waals surface area contributed by atoms with Gasteiger partial charge < -0.3 is 5.32 Å². The van der Waals surface area contributed by atoms with Crippen molar-refractivity contribution in [3.05, 3.63) is 0 Å². The number of hydrogen-bond acceptors (Lipinski definition) is 3. The maximum Gasteiger partial charge on any atom is 0.0194 e. The van der Waals surface area contributed by atoms with E-state index in [1.807, 2.05) is 0 Å². The Morgan fingerprint density at radius 1 is 1.07 bits per heavy atom. The minimum atomic E-state index is 0.760. The van der Waals surface area contributed by atoms with Gasteiger partial charge in [-0.25, -0.2) is 0 Å². The van der Waals surface area contributed by atoms with E-state index in [-0.39, 0.29) is 0 Å². The Morgan fingerprint density at radius 3 is 2.36 bits per heavy atom. The number of nitrogens with one attached hydrogen (secondary N) is 1. The SMILES string of the molecule is CC(CN1CCNCC1)N1CCCC1. The summed E-state index contributed by atoms with van der Waals surface area (Å²) in [5.41, 5.74) is 0. The Hall–Kier alpha value is -0.120. The smallest absolute Gasteiger partial charge is 0.0194 e. The summed E-state index contributed by atoms with van der Waals surface area (Å²) in [6.07, 6.45) is 2.82. The van der Waals surface area contributed by atoms with Crippen LogP contribution >= 0.6 is 0 Å². The third-order valence-electron chi connectivity index (χ3n) is 3.50. The molecular weight excluding hydrogens is 174 g/mol. The Morgan fingerprint density at radius 2 is 1.71 bits per heavy atom. The van der Waals surface area contributed by atoms with Crippen LogP contribution in [0.3, 0.4) is 0 Å². The summed E-state index contributed by atoms with van der Waals surface area (Å²) in [5, 5.41) is 3.40. The molecule has 1 N–H and O–H groups in total. The molecule has 3 heteroatoms. The molecule has 82 valence electrons. The first kappa shape index (κ1) is 10.4. The molecular formula is C11H23N3. The van der Waals surface area contributed by atoms with E-state index in [1.165, 1.54) is 58.7 Å². The molecule has 1 unspecified atom stereocenters. The van der Waals surface area contributed by atoms with Crippen LogP contribution in [0.5, 0.6) is 0 Å². The largest absolute Gasteiger partial charge is 0.314 e. The lowest BCUT2D eigenvalue weighted by molar-refractivity contribution is 0.159. The second-order valence-corrected chi connectivity index (χ2v) is 4.64. The molecule has 2 saturated heterocycles. The van der Waals surface area contributed by atoms with Gasteiger partial charge in [0.25, 0.3) is 0 Å². The van der Waals surface area contributed by atoms with Gasteiger partial charge in [-0.3, -0.25) is 9.80 Å². The zero-order valence-electron chi connectivity index (χ0n) is 9.34. The lowest BCUT2D eigenvalue weighted by Crippen LogP contribution is -2.48. The summed E-state index contributed by atoms with van der Waals surface area (Å²) in [4.78, 5) is 5.24. The highest BCUT2D eigenvalue weighted by Crippen LogP contribution is 2.12. The van der Waals surface area contributed by atoms with E-state index in [4.69, 9.17) is 0 Å². The van der Waals surface area contributed by atoms with E-state index in [1.54, 1.807) is 0 Å². The Bertz CT molecular complexity index is 160. The summed E-state index contributed by atoms with van der Waals surface area (Å²) < 4.78 is 0.